The van der Waals surface area contributed by atoms with E-state index in [2.05, 4.69) is 33.4 Å². The summed E-state index contributed by atoms with van der Waals surface area (Å²) in [6.45, 7) is 4.09. The molecule has 1 saturated carbocycles. The van der Waals surface area contributed by atoms with Crippen molar-refractivity contribution in [1.82, 2.24) is 5.32 Å². The zero-order valence-corrected chi connectivity index (χ0v) is 23.5. The SMILES string of the molecule is CCOc1cc([C@H]2C(C(=O)OC3CCCCC3)=C(C)NC3=C2C(=O)C[C@@H](c2ccccc2)C3)cc(Br)c1O. The second-order valence-corrected chi connectivity index (χ2v) is 11.2. The van der Waals surface area contributed by atoms with E-state index in [4.69, 9.17) is 9.47 Å². The van der Waals surface area contributed by atoms with Crippen molar-refractivity contribution >= 4 is 27.7 Å². The van der Waals surface area contributed by atoms with E-state index < -0.39 is 11.9 Å². The third-order valence-corrected chi connectivity index (χ3v) is 8.43. The number of esters is 1. The third-order valence-electron chi connectivity index (χ3n) is 7.83. The van der Waals surface area contributed by atoms with Crippen molar-refractivity contribution < 1.29 is 24.2 Å². The van der Waals surface area contributed by atoms with Crippen molar-refractivity contribution in [3.63, 3.8) is 0 Å². The lowest BCUT2D eigenvalue weighted by atomic mass is 9.71. The van der Waals surface area contributed by atoms with Gasteiger partial charge in [0.05, 0.1) is 16.7 Å². The van der Waals surface area contributed by atoms with E-state index in [1.54, 1.807) is 12.1 Å². The van der Waals surface area contributed by atoms with Crippen LogP contribution in [-0.4, -0.2) is 29.6 Å². The van der Waals surface area contributed by atoms with Crippen LogP contribution in [0.3, 0.4) is 0 Å². The van der Waals surface area contributed by atoms with Crippen molar-refractivity contribution in [2.45, 2.75) is 76.7 Å². The summed E-state index contributed by atoms with van der Waals surface area (Å²) in [6, 6.07) is 13.6. The molecule has 0 amide bonds. The number of phenolic OH excluding ortho intramolecular Hbond substituents is 1. The minimum Gasteiger partial charge on any atom is -0.503 e. The number of hydrogen-bond donors (Lipinski definition) is 2. The minimum absolute atomic E-state index is 0.00937. The van der Waals surface area contributed by atoms with Crippen molar-refractivity contribution in [2.24, 2.45) is 0 Å². The van der Waals surface area contributed by atoms with Crippen molar-refractivity contribution in [3.8, 4) is 11.5 Å². The second-order valence-electron chi connectivity index (χ2n) is 10.4. The Morgan fingerprint density at radius 1 is 1.08 bits per heavy atom. The van der Waals surface area contributed by atoms with Crippen LogP contribution in [0.1, 0.15) is 81.8 Å². The van der Waals surface area contributed by atoms with E-state index in [1.165, 1.54) is 0 Å². The number of Topliss-reactive ketones (excluding diaryl/α,β-unsaturated/α-hetero) is 1. The van der Waals surface area contributed by atoms with Crippen LogP contribution >= 0.6 is 15.9 Å². The first-order valence-electron chi connectivity index (χ1n) is 13.5. The van der Waals surface area contributed by atoms with Gasteiger partial charge in [-0.2, -0.15) is 0 Å². The van der Waals surface area contributed by atoms with Crippen LogP contribution in [-0.2, 0) is 14.3 Å². The fourth-order valence-corrected chi connectivity index (χ4v) is 6.49. The predicted octanol–water partition coefficient (Wildman–Crippen LogP) is 6.79. The first-order chi connectivity index (χ1) is 18.4. The maximum absolute atomic E-state index is 13.9. The van der Waals surface area contributed by atoms with Crippen molar-refractivity contribution in [1.29, 1.82) is 0 Å². The fourth-order valence-electron chi connectivity index (χ4n) is 6.03. The molecule has 6 nitrogen and oxygen atoms in total. The van der Waals surface area contributed by atoms with Gasteiger partial charge in [-0.25, -0.2) is 4.79 Å². The van der Waals surface area contributed by atoms with Gasteiger partial charge >= 0.3 is 5.97 Å². The molecule has 0 bridgehead atoms. The number of rotatable bonds is 6. The predicted molar refractivity (Wildman–Crippen MR) is 149 cm³/mol. The first-order valence-corrected chi connectivity index (χ1v) is 14.3. The normalized spacial score (nSPS) is 22.1. The molecule has 38 heavy (non-hydrogen) atoms. The summed E-state index contributed by atoms with van der Waals surface area (Å²) in [5.41, 5.74) is 4.40. The van der Waals surface area contributed by atoms with Gasteiger partial charge in [0.2, 0.25) is 0 Å². The molecule has 0 unspecified atom stereocenters. The number of benzene rings is 2. The van der Waals surface area contributed by atoms with Crippen molar-refractivity contribution in [2.75, 3.05) is 6.61 Å². The Kier molecular flexibility index (Phi) is 7.93. The highest BCUT2D eigenvalue weighted by molar-refractivity contribution is 9.10. The molecule has 1 aliphatic heterocycles. The van der Waals surface area contributed by atoms with Gasteiger partial charge < -0.3 is 19.9 Å². The molecule has 0 spiro atoms. The lowest BCUT2D eigenvalue weighted by Crippen LogP contribution is -2.37. The summed E-state index contributed by atoms with van der Waals surface area (Å²) >= 11 is 3.45. The van der Waals surface area contributed by atoms with Gasteiger partial charge in [-0.3, -0.25) is 4.79 Å². The largest absolute Gasteiger partial charge is 0.503 e. The monoisotopic (exact) mass is 579 g/mol. The summed E-state index contributed by atoms with van der Waals surface area (Å²) < 4.78 is 12.2. The van der Waals surface area contributed by atoms with Crippen LogP contribution in [0.4, 0.5) is 0 Å². The Bertz CT molecular complexity index is 1290. The maximum Gasteiger partial charge on any atom is 0.337 e. The van der Waals surface area contributed by atoms with Crippen LogP contribution in [0.15, 0.2) is 69.5 Å². The minimum atomic E-state index is -0.623. The van der Waals surface area contributed by atoms with E-state index in [9.17, 15) is 14.7 Å². The van der Waals surface area contributed by atoms with Crippen LogP contribution in [0, 0.1) is 0 Å². The fraction of sp³-hybridized carbons (Fsp3) is 0.419. The standard InChI is InChI=1S/C31H34BrNO5/c1-3-37-26-17-21(14-23(32)30(26)35)28-27(31(36)38-22-12-8-5-9-13-22)18(2)33-24-15-20(16-25(34)29(24)28)19-10-6-4-7-11-19/h4,6-7,10-11,14,17,20,22,28,33,35H,3,5,8-9,12-13,15-16H2,1-2H3/t20-,28-/m0/s1. The molecule has 2 atom stereocenters. The topological polar surface area (TPSA) is 84.9 Å². The number of aromatic hydroxyl groups is 1. The zero-order valence-electron chi connectivity index (χ0n) is 21.9. The van der Waals surface area contributed by atoms with E-state index >= 15 is 0 Å². The Balaban J connectivity index is 1.59. The number of allylic oxidation sites excluding steroid dienone is 3. The van der Waals surface area contributed by atoms with Gasteiger partial charge in [-0.1, -0.05) is 36.8 Å². The molecule has 7 heteroatoms. The van der Waals surface area contributed by atoms with E-state index in [0.29, 0.717) is 52.1 Å². The second kappa shape index (κ2) is 11.4. The molecule has 0 saturated heterocycles. The average Bonchev–Trinajstić information content (AvgIpc) is 2.91. The summed E-state index contributed by atoms with van der Waals surface area (Å²) in [6.07, 6.45) is 5.91. The first kappa shape index (κ1) is 26.5. The molecule has 3 aliphatic rings. The number of ether oxygens (including phenoxy) is 2. The number of phenols is 1. The van der Waals surface area contributed by atoms with Gasteiger partial charge in [-0.05, 0) is 91.1 Å². The van der Waals surface area contributed by atoms with E-state index in [1.807, 2.05) is 32.0 Å². The number of ketones is 1. The van der Waals surface area contributed by atoms with E-state index in [-0.39, 0.29) is 23.6 Å². The van der Waals surface area contributed by atoms with Crippen LogP contribution in [0.2, 0.25) is 0 Å². The van der Waals surface area contributed by atoms with E-state index in [0.717, 1.165) is 43.4 Å². The van der Waals surface area contributed by atoms with Gasteiger partial charge in [0.15, 0.2) is 17.3 Å². The van der Waals surface area contributed by atoms with Gasteiger partial charge in [-0.15, -0.1) is 0 Å². The molecule has 2 aromatic rings. The summed E-state index contributed by atoms with van der Waals surface area (Å²) in [4.78, 5) is 27.6. The summed E-state index contributed by atoms with van der Waals surface area (Å²) in [5.74, 6) is -0.647. The third kappa shape index (κ3) is 5.26. The number of carbonyl (C=O) groups excluding carboxylic acids is 2. The van der Waals surface area contributed by atoms with Crippen molar-refractivity contribution in [3.05, 3.63) is 80.6 Å². The molecule has 1 heterocycles. The molecule has 0 aromatic heterocycles. The van der Waals surface area contributed by atoms with Gasteiger partial charge in [0.1, 0.15) is 6.10 Å². The molecular weight excluding hydrogens is 546 g/mol. The maximum atomic E-state index is 13.9. The molecule has 2 N–H and O–H groups in total. The molecular formula is C31H34BrNO5. The smallest absolute Gasteiger partial charge is 0.337 e. The highest BCUT2D eigenvalue weighted by Crippen LogP contribution is 2.48. The lowest BCUT2D eigenvalue weighted by Gasteiger charge is -2.37. The lowest BCUT2D eigenvalue weighted by molar-refractivity contribution is -0.146. The summed E-state index contributed by atoms with van der Waals surface area (Å²) in [5, 5.41) is 14.0. The van der Waals surface area contributed by atoms with Gasteiger partial charge in [0, 0.05) is 29.3 Å². The van der Waals surface area contributed by atoms with Gasteiger partial charge in [0.25, 0.3) is 0 Å². The molecule has 200 valence electrons. The Hall–Kier alpha value is -3.06. The molecule has 5 rings (SSSR count). The van der Waals surface area contributed by atoms with Crippen LogP contribution < -0.4 is 10.1 Å². The van der Waals surface area contributed by atoms with Crippen LogP contribution in [0.25, 0.3) is 0 Å². The quantitative estimate of drug-likeness (QED) is 0.366. The highest BCUT2D eigenvalue weighted by Gasteiger charge is 2.42. The number of carbonyl (C=O) groups is 2. The average molecular weight is 581 g/mol. The summed E-state index contributed by atoms with van der Waals surface area (Å²) in [7, 11) is 0. The number of halogens is 1. The number of nitrogens with one attached hydrogen (secondary N) is 1. The molecule has 0 radical (unpaired) electrons. The molecule has 1 fully saturated rings. The molecule has 2 aliphatic carbocycles. The molecule has 2 aromatic carbocycles. The number of hydrogen-bond acceptors (Lipinski definition) is 6. The Labute approximate surface area is 232 Å². The zero-order chi connectivity index (χ0) is 26.8. The number of dihydropyridines is 1. The Morgan fingerprint density at radius 3 is 2.53 bits per heavy atom. The highest BCUT2D eigenvalue weighted by atomic mass is 79.9. The Morgan fingerprint density at radius 2 is 1.82 bits per heavy atom. The van der Waals surface area contributed by atoms with Crippen LogP contribution in [0.5, 0.6) is 11.5 Å².